The van der Waals surface area contributed by atoms with E-state index >= 15 is 0 Å². The summed E-state index contributed by atoms with van der Waals surface area (Å²) in [6.45, 7) is 2.88. The molecule has 1 aliphatic heterocycles. The number of hydrogen-bond donors (Lipinski definition) is 2. The highest BCUT2D eigenvalue weighted by Gasteiger charge is 2.18. The van der Waals surface area contributed by atoms with E-state index in [1.54, 1.807) is 0 Å². The number of benzene rings is 1. The van der Waals surface area contributed by atoms with Crippen LogP contribution in [0.4, 0.5) is 18.9 Å². The van der Waals surface area contributed by atoms with Crippen molar-refractivity contribution < 1.29 is 13.2 Å². The normalized spacial score (nSPS) is 21.0. The van der Waals surface area contributed by atoms with Crippen molar-refractivity contribution in [2.24, 2.45) is 0 Å². The summed E-state index contributed by atoms with van der Waals surface area (Å²) >= 11 is 0. The molecule has 2 atom stereocenters. The van der Waals surface area contributed by atoms with Crippen molar-refractivity contribution in [1.82, 2.24) is 5.32 Å². The highest BCUT2D eigenvalue weighted by atomic mass is 19.2. The van der Waals surface area contributed by atoms with Crippen LogP contribution < -0.4 is 10.6 Å². The summed E-state index contributed by atoms with van der Waals surface area (Å²) in [5, 5.41) is 6.15. The molecule has 0 aliphatic carbocycles. The summed E-state index contributed by atoms with van der Waals surface area (Å²) in [7, 11) is 0. The third kappa shape index (κ3) is 3.16. The fraction of sp³-hybridized carbons (Fsp3) is 0.538. The van der Waals surface area contributed by atoms with Crippen molar-refractivity contribution in [3.63, 3.8) is 0 Å². The molecule has 1 saturated heterocycles. The maximum absolute atomic E-state index is 13.4. The quantitative estimate of drug-likeness (QED) is 0.811. The van der Waals surface area contributed by atoms with Gasteiger partial charge in [-0.2, -0.15) is 0 Å². The van der Waals surface area contributed by atoms with Crippen molar-refractivity contribution >= 4 is 5.69 Å². The fourth-order valence-corrected chi connectivity index (χ4v) is 2.37. The Kier molecular flexibility index (Phi) is 4.11. The van der Waals surface area contributed by atoms with Gasteiger partial charge in [-0.1, -0.05) is 0 Å². The predicted octanol–water partition coefficient (Wildman–Crippen LogP) is 3.05. The van der Waals surface area contributed by atoms with Crippen molar-refractivity contribution in [3.05, 3.63) is 29.6 Å². The van der Waals surface area contributed by atoms with E-state index < -0.39 is 17.5 Å². The van der Waals surface area contributed by atoms with Gasteiger partial charge >= 0.3 is 0 Å². The summed E-state index contributed by atoms with van der Waals surface area (Å²) in [5.74, 6) is -2.96. The van der Waals surface area contributed by atoms with Crippen LogP contribution in [0.3, 0.4) is 0 Å². The van der Waals surface area contributed by atoms with Crippen LogP contribution in [0, 0.1) is 17.5 Å². The Labute approximate surface area is 105 Å². The fourth-order valence-electron chi connectivity index (χ4n) is 2.37. The molecular weight excluding hydrogens is 241 g/mol. The Morgan fingerprint density at radius 2 is 2.17 bits per heavy atom. The molecule has 100 valence electrons. The summed E-state index contributed by atoms with van der Waals surface area (Å²) in [4.78, 5) is 0. The number of rotatable bonds is 4. The average molecular weight is 258 g/mol. The molecule has 0 radical (unpaired) electrons. The van der Waals surface area contributed by atoms with E-state index in [-0.39, 0.29) is 11.7 Å². The molecule has 18 heavy (non-hydrogen) atoms. The van der Waals surface area contributed by atoms with E-state index in [4.69, 9.17) is 0 Å². The molecule has 1 heterocycles. The lowest BCUT2D eigenvalue weighted by Crippen LogP contribution is -2.29. The molecule has 2 N–H and O–H groups in total. The molecule has 0 saturated carbocycles. The highest BCUT2D eigenvalue weighted by molar-refractivity contribution is 5.46. The van der Waals surface area contributed by atoms with Gasteiger partial charge in [-0.15, -0.1) is 0 Å². The lowest BCUT2D eigenvalue weighted by molar-refractivity contribution is 0.490. The van der Waals surface area contributed by atoms with Crippen LogP contribution in [0.5, 0.6) is 0 Å². The molecule has 1 aliphatic rings. The van der Waals surface area contributed by atoms with Crippen LogP contribution >= 0.6 is 0 Å². The lowest BCUT2D eigenvalue weighted by atomic mass is 10.1. The Morgan fingerprint density at radius 3 is 2.83 bits per heavy atom. The predicted molar refractivity (Wildman–Crippen MR) is 65.0 cm³/mol. The van der Waals surface area contributed by atoms with Gasteiger partial charge in [0.05, 0.1) is 5.69 Å². The first-order chi connectivity index (χ1) is 8.56. The molecule has 2 nitrogen and oxygen atoms in total. The van der Waals surface area contributed by atoms with Crippen LogP contribution in [0.1, 0.15) is 26.2 Å². The monoisotopic (exact) mass is 258 g/mol. The summed E-state index contributed by atoms with van der Waals surface area (Å²) in [6, 6.07) is 1.88. The smallest absolute Gasteiger partial charge is 0.182 e. The minimum atomic E-state index is -1.16. The molecular formula is C13H17F3N2. The Hall–Kier alpha value is -1.23. The molecule has 1 aromatic carbocycles. The van der Waals surface area contributed by atoms with E-state index in [1.165, 1.54) is 0 Å². The average Bonchev–Trinajstić information content (AvgIpc) is 2.77. The largest absolute Gasteiger partial charge is 0.380 e. The van der Waals surface area contributed by atoms with Crippen LogP contribution in [-0.4, -0.2) is 18.6 Å². The van der Waals surface area contributed by atoms with E-state index in [0.717, 1.165) is 31.9 Å². The van der Waals surface area contributed by atoms with Gasteiger partial charge in [0.25, 0.3) is 0 Å². The second kappa shape index (κ2) is 5.61. The number of halogens is 3. The standard InChI is InChI=1S/C13H17F3N2/c1-8(5-10-3-2-4-17-10)18-12-7-9(14)6-11(15)13(12)16/h6-8,10,17-18H,2-5H2,1H3. The Bertz CT molecular complexity index is 417. The third-order valence-corrected chi connectivity index (χ3v) is 3.20. The second-order valence-corrected chi connectivity index (χ2v) is 4.82. The van der Waals surface area contributed by atoms with E-state index in [9.17, 15) is 13.2 Å². The molecule has 0 amide bonds. The molecule has 2 rings (SSSR count). The molecule has 0 bridgehead atoms. The Morgan fingerprint density at radius 1 is 1.39 bits per heavy atom. The zero-order chi connectivity index (χ0) is 13.1. The van der Waals surface area contributed by atoms with Gasteiger partial charge in [0.15, 0.2) is 11.6 Å². The number of hydrogen-bond acceptors (Lipinski definition) is 2. The molecule has 1 fully saturated rings. The number of nitrogens with one attached hydrogen (secondary N) is 2. The number of anilines is 1. The SMILES string of the molecule is CC(CC1CCCN1)Nc1cc(F)cc(F)c1F. The van der Waals surface area contributed by atoms with E-state index in [2.05, 4.69) is 10.6 Å². The highest BCUT2D eigenvalue weighted by Crippen LogP contribution is 2.21. The third-order valence-electron chi connectivity index (χ3n) is 3.20. The first-order valence-corrected chi connectivity index (χ1v) is 6.20. The van der Waals surface area contributed by atoms with Crippen molar-refractivity contribution in [2.75, 3.05) is 11.9 Å². The topological polar surface area (TPSA) is 24.1 Å². The van der Waals surface area contributed by atoms with Gasteiger partial charge in [0.1, 0.15) is 5.82 Å². The van der Waals surface area contributed by atoms with Crippen molar-refractivity contribution in [2.45, 2.75) is 38.3 Å². The Balaban J connectivity index is 1.99. The van der Waals surface area contributed by atoms with E-state index in [0.29, 0.717) is 12.1 Å². The molecule has 2 unspecified atom stereocenters. The zero-order valence-corrected chi connectivity index (χ0v) is 10.3. The summed E-state index contributed by atoms with van der Waals surface area (Å²) < 4.78 is 39.5. The minimum Gasteiger partial charge on any atom is -0.380 e. The second-order valence-electron chi connectivity index (χ2n) is 4.82. The first kappa shape index (κ1) is 13.2. The summed E-state index contributed by atoms with van der Waals surface area (Å²) in [6.07, 6.45) is 3.03. The first-order valence-electron chi connectivity index (χ1n) is 6.20. The zero-order valence-electron chi connectivity index (χ0n) is 10.3. The lowest BCUT2D eigenvalue weighted by Gasteiger charge is -2.19. The summed E-state index contributed by atoms with van der Waals surface area (Å²) in [5.41, 5.74) is -0.113. The van der Waals surface area contributed by atoms with Gasteiger partial charge in [-0.3, -0.25) is 0 Å². The van der Waals surface area contributed by atoms with Crippen LogP contribution in [0.25, 0.3) is 0 Å². The van der Waals surface area contributed by atoms with Crippen LogP contribution in [0.15, 0.2) is 12.1 Å². The van der Waals surface area contributed by atoms with Crippen LogP contribution in [-0.2, 0) is 0 Å². The molecule has 0 spiro atoms. The maximum atomic E-state index is 13.4. The van der Waals surface area contributed by atoms with E-state index in [1.807, 2.05) is 6.92 Å². The van der Waals surface area contributed by atoms with Gasteiger partial charge in [0, 0.05) is 24.2 Å². The van der Waals surface area contributed by atoms with Crippen molar-refractivity contribution in [1.29, 1.82) is 0 Å². The van der Waals surface area contributed by atoms with Crippen LogP contribution in [0.2, 0.25) is 0 Å². The molecule has 1 aromatic rings. The van der Waals surface area contributed by atoms with Crippen molar-refractivity contribution in [3.8, 4) is 0 Å². The van der Waals surface area contributed by atoms with Gasteiger partial charge in [-0.25, -0.2) is 13.2 Å². The maximum Gasteiger partial charge on any atom is 0.182 e. The minimum absolute atomic E-state index is 0.0451. The van der Waals surface area contributed by atoms with Gasteiger partial charge < -0.3 is 10.6 Å². The molecule has 5 heteroatoms. The van der Waals surface area contributed by atoms with Gasteiger partial charge in [0.2, 0.25) is 0 Å². The van der Waals surface area contributed by atoms with Gasteiger partial charge in [-0.05, 0) is 32.7 Å². The molecule has 0 aromatic heterocycles.